The second kappa shape index (κ2) is 7.64. The number of pyridine rings is 1. The minimum Gasteiger partial charge on any atom is -0.376 e. The number of nitrogens with two attached hydrogens (primary N) is 1. The van der Waals surface area contributed by atoms with Gasteiger partial charge in [0.2, 0.25) is 5.95 Å². The predicted molar refractivity (Wildman–Crippen MR) is 114 cm³/mol. The smallest absolute Gasteiger partial charge is 0.231 e. The molecular formula is C20H22ClFN6OS. The molecule has 0 saturated carbocycles. The monoisotopic (exact) mass is 448 g/mol. The van der Waals surface area contributed by atoms with Crippen molar-refractivity contribution in [2.24, 2.45) is 11.1 Å². The van der Waals surface area contributed by atoms with E-state index in [0.29, 0.717) is 15.7 Å². The van der Waals surface area contributed by atoms with E-state index in [2.05, 4.69) is 26.8 Å². The number of rotatable bonds is 3. The summed E-state index contributed by atoms with van der Waals surface area (Å²) in [5.74, 6) is 0.290. The van der Waals surface area contributed by atoms with Crippen LogP contribution in [-0.4, -0.2) is 51.2 Å². The van der Waals surface area contributed by atoms with E-state index in [9.17, 15) is 4.39 Å². The van der Waals surface area contributed by atoms with Gasteiger partial charge in [-0.05, 0) is 25.8 Å². The van der Waals surface area contributed by atoms with Crippen molar-refractivity contribution in [3.05, 3.63) is 41.8 Å². The molecule has 2 N–H and O–H groups in total. The average Bonchev–Trinajstić information content (AvgIpc) is 3.27. The Morgan fingerprint density at radius 3 is 2.77 bits per heavy atom. The first kappa shape index (κ1) is 20.0. The Balaban J connectivity index is 1.27. The number of hydrogen-bond acceptors (Lipinski definition) is 7. The topological polar surface area (TPSA) is 81.6 Å². The van der Waals surface area contributed by atoms with Crippen LogP contribution >= 0.6 is 23.4 Å². The molecule has 0 aliphatic carbocycles. The van der Waals surface area contributed by atoms with Gasteiger partial charge in [-0.2, -0.15) is 9.37 Å². The van der Waals surface area contributed by atoms with E-state index in [1.807, 2.05) is 6.07 Å². The molecule has 3 aromatic rings. The number of fused-ring (bicyclic) bond motifs is 1. The van der Waals surface area contributed by atoms with Crippen LogP contribution in [0.5, 0.6) is 0 Å². The van der Waals surface area contributed by atoms with Crippen molar-refractivity contribution >= 4 is 34.8 Å². The molecule has 3 aromatic heterocycles. The second-order valence-corrected chi connectivity index (χ2v) is 9.43. The van der Waals surface area contributed by atoms with E-state index in [4.69, 9.17) is 22.1 Å². The zero-order chi connectivity index (χ0) is 20.9. The summed E-state index contributed by atoms with van der Waals surface area (Å²) in [6.07, 6.45) is 8.65. The van der Waals surface area contributed by atoms with Gasteiger partial charge in [0, 0.05) is 35.6 Å². The fraction of sp³-hybridized carbons (Fsp3) is 0.450. The summed E-state index contributed by atoms with van der Waals surface area (Å²) >= 11 is 7.77. The SMILES string of the molecule is C[C@@H]1OCC2(CCN(c3cnc(Sc4ccn5cc(F)nc5c4Cl)cn3)CC2)[C@@H]1N. The van der Waals surface area contributed by atoms with Crippen molar-refractivity contribution in [3.63, 3.8) is 0 Å². The van der Waals surface area contributed by atoms with Gasteiger partial charge in [0.25, 0.3) is 0 Å². The Labute approximate surface area is 182 Å². The molecule has 30 heavy (non-hydrogen) atoms. The van der Waals surface area contributed by atoms with E-state index < -0.39 is 5.95 Å². The molecule has 158 valence electrons. The molecule has 0 amide bonds. The van der Waals surface area contributed by atoms with E-state index in [1.54, 1.807) is 23.0 Å². The molecule has 2 saturated heterocycles. The molecule has 0 radical (unpaired) electrons. The molecule has 0 bridgehead atoms. The third-order valence-electron chi connectivity index (χ3n) is 6.26. The summed E-state index contributed by atoms with van der Waals surface area (Å²) in [4.78, 5) is 16.0. The molecule has 7 nitrogen and oxygen atoms in total. The average molecular weight is 449 g/mol. The third-order valence-corrected chi connectivity index (χ3v) is 7.73. The summed E-state index contributed by atoms with van der Waals surface area (Å²) in [5.41, 5.74) is 6.87. The first-order chi connectivity index (χ1) is 14.4. The van der Waals surface area contributed by atoms with Crippen molar-refractivity contribution in [3.8, 4) is 0 Å². The highest BCUT2D eigenvalue weighted by atomic mass is 35.5. The van der Waals surface area contributed by atoms with Crippen molar-refractivity contribution in [2.45, 2.75) is 41.8 Å². The van der Waals surface area contributed by atoms with E-state index in [-0.39, 0.29) is 17.6 Å². The van der Waals surface area contributed by atoms with Crippen molar-refractivity contribution in [1.82, 2.24) is 19.4 Å². The lowest BCUT2D eigenvalue weighted by molar-refractivity contribution is 0.0974. The number of halogens is 2. The zero-order valence-electron chi connectivity index (χ0n) is 16.5. The Hall–Kier alpha value is -1.94. The van der Waals surface area contributed by atoms with Gasteiger partial charge >= 0.3 is 0 Å². The highest BCUT2D eigenvalue weighted by Gasteiger charge is 2.47. The Morgan fingerprint density at radius 1 is 1.30 bits per heavy atom. The van der Waals surface area contributed by atoms with Crippen molar-refractivity contribution in [1.29, 1.82) is 0 Å². The third kappa shape index (κ3) is 3.43. The first-order valence-electron chi connectivity index (χ1n) is 9.90. The molecule has 2 aliphatic heterocycles. The summed E-state index contributed by atoms with van der Waals surface area (Å²) in [7, 11) is 0. The minimum absolute atomic E-state index is 0.0842. The maximum absolute atomic E-state index is 13.4. The van der Waals surface area contributed by atoms with Crippen LogP contribution in [0.15, 0.2) is 40.8 Å². The lowest BCUT2D eigenvalue weighted by Gasteiger charge is -2.41. The van der Waals surface area contributed by atoms with Crippen molar-refractivity contribution < 1.29 is 9.13 Å². The largest absolute Gasteiger partial charge is 0.376 e. The van der Waals surface area contributed by atoms with Gasteiger partial charge in [0.15, 0.2) is 5.65 Å². The normalized spacial score (nSPS) is 23.5. The lowest BCUT2D eigenvalue weighted by Crippen LogP contribution is -2.50. The zero-order valence-corrected chi connectivity index (χ0v) is 18.0. The molecule has 2 aliphatic rings. The van der Waals surface area contributed by atoms with Crippen LogP contribution in [0.25, 0.3) is 5.65 Å². The number of piperidine rings is 1. The standard InChI is InChI=1S/C20H22ClFN6OS/c1-12-18(23)20(11-29-12)3-6-27(7-4-20)15-8-25-16(9-24-15)30-13-2-5-28-10-14(22)26-19(28)17(13)21/h2,5,8-10,12,18H,3-4,6-7,11,23H2,1H3/t12-,18+/m0/s1. The van der Waals surface area contributed by atoms with Gasteiger partial charge in [-0.15, -0.1) is 0 Å². The fourth-order valence-electron chi connectivity index (χ4n) is 4.34. The van der Waals surface area contributed by atoms with Crippen LogP contribution in [0.2, 0.25) is 5.02 Å². The molecule has 1 spiro atoms. The van der Waals surface area contributed by atoms with Crippen LogP contribution in [0.1, 0.15) is 19.8 Å². The fourth-order valence-corrected chi connectivity index (χ4v) is 5.41. The quantitative estimate of drug-likeness (QED) is 0.657. The Morgan fingerprint density at radius 2 is 2.10 bits per heavy atom. The van der Waals surface area contributed by atoms with Gasteiger partial charge in [0.1, 0.15) is 10.8 Å². The van der Waals surface area contributed by atoms with Crippen LogP contribution in [-0.2, 0) is 4.74 Å². The van der Waals surface area contributed by atoms with Gasteiger partial charge in [-0.1, -0.05) is 23.4 Å². The number of ether oxygens (including phenoxy) is 1. The summed E-state index contributed by atoms with van der Waals surface area (Å²) < 4.78 is 20.7. The summed E-state index contributed by atoms with van der Waals surface area (Å²) in [6.45, 7) is 4.58. The molecule has 5 rings (SSSR count). The van der Waals surface area contributed by atoms with Crippen LogP contribution in [0, 0.1) is 11.4 Å². The number of aromatic nitrogens is 4. The van der Waals surface area contributed by atoms with E-state index >= 15 is 0 Å². The van der Waals surface area contributed by atoms with Crippen LogP contribution in [0.4, 0.5) is 10.2 Å². The maximum atomic E-state index is 13.4. The van der Waals surface area contributed by atoms with Gasteiger partial charge in [-0.25, -0.2) is 9.97 Å². The molecule has 10 heteroatoms. The number of anilines is 1. The molecule has 5 heterocycles. The number of hydrogen-bond donors (Lipinski definition) is 1. The number of imidazole rings is 1. The Bertz CT molecular complexity index is 1070. The lowest BCUT2D eigenvalue weighted by atomic mass is 9.73. The van der Waals surface area contributed by atoms with E-state index in [0.717, 1.165) is 43.3 Å². The van der Waals surface area contributed by atoms with Gasteiger partial charge in [0.05, 0.1) is 36.3 Å². The van der Waals surface area contributed by atoms with Gasteiger partial charge < -0.3 is 19.8 Å². The molecule has 2 atom stereocenters. The minimum atomic E-state index is -0.564. The summed E-state index contributed by atoms with van der Waals surface area (Å²) in [6, 6.07) is 1.91. The second-order valence-electron chi connectivity index (χ2n) is 7.99. The molecule has 0 unspecified atom stereocenters. The molecular weight excluding hydrogens is 427 g/mol. The van der Waals surface area contributed by atoms with Crippen molar-refractivity contribution in [2.75, 3.05) is 24.6 Å². The first-order valence-corrected chi connectivity index (χ1v) is 11.1. The highest BCUT2D eigenvalue weighted by molar-refractivity contribution is 7.99. The van der Waals surface area contributed by atoms with Crippen LogP contribution in [0.3, 0.4) is 0 Å². The highest BCUT2D eigenvalue weighted by Crippen LogP contribution is 2.42. The maximum Gasteiger partial charge on any atom is 0.231 e. The molecule has 2 fully saturated rings. The van der Waals surface area contributed by atoms with Gasteiger partial charge in [-0.3, -0.25) is 0 Å². The Kier molecular flexibility index (Phi) is 5.09. The van der Waals surface area contributed by atoms with Crippen LogP contribution < -0.4 is 10.6 Å². The van der Waals surface area contributed by atoms with E-state index in [1.165, 1.54) is 18.0 Å². The summed E-state index contributed by atoms with van der Waals surface area (Å²) in [5, 5.41) is 1.11. The predicted octanol–water partition coefficient (Wildman–Crippen LogP) is 3.40. The number of nitrogens with zero attached hydrogens (tertiary/aromatic N) is 5. The molecule has 0 aromatic carbocycles.